The van der Waals surface area contributed by atoms with Gasteiger partial charge in [0, 0.05) is 17.4 Å². The molecule has 1 aliphatic heterocycles. The largest absolute Gasteiger partial charge is 0.509 e. The molecule has 0 spiro atoms. The van der Waals surface area contributed by atoms with E-state index >= 15 is 0 Å². The van der Waals surface area contributed by atoms with Crippen molar-refractivity contribution in [2.75, 3.05) is 6.61 Å². The van der Waals surface area contributed by atoms with Gasteiger partial charge in [-0.1, -0.05) is 27.2 Å². The number of aliphatic hydroxyl groups is 1. The van der Waals surface area contributed by atoms with Gasteiger partial charge in [-0.3, -0.25) is 4.79 Å². The highest BCUT2D eigenvalue weighted by Crippen LogP contribution is 2.62. The highest BCUT2D eigenvalue weighted by molar-refractivity contribution is 6.04. The maximum absolute atomic E-state index is 12.9. The van der Waals surface area contributed by atoms with Crippen LogP contribution < -0.4 is 4.74 Å². The van der Waals surface area contributed by atoms with E-state index in [1.165, 1.54) is 6.08 Å². The molecule has 1 aromatic rings. The summed E-state index contributed by atoms with van der Waals surface area (Å²) in [5.41, 5.74) is 0.492. The second-order valence-corrected chi connectivity index (χ2v) is 8.55. The number of carbonyl (C=O) groups excluding carboxylic acids is 1. The third-order valence-electron chi connectivity index (χ3n) is 6.58. The minimum atomic E-state index is -0.395. The Morgan fingerprint density at radius 1 is 1.12 bits per heavy atom. The fraction of sp³-hybridized carbons (Fsp3) is 0.550. The molecule has 1 fully saturated rings. The molecule has 2 atom stereocenters. The van der Waals surface area contributed by atoms with Gasteiger partial charge in [-0.25, -0.2) is 0 Å². The molecule has 2 aliphatic carbocycles. The van der Waals surface area contributed by atoms with Crippen LogP contribution in [0.15, 0.2) is 5.76 Å². The lowest BCUT2D eigenvalue weighted by atomic mass is 9.50. The van der Waals surface area contributed by atoms with Crippen molar-refractivity contribution in [2.45, 2.75) is 51.9 Å². The number of aromatic hydroxyl groups is 2. The molecule has 1 aromatic carbocycles. The molecule has 134 valence electrons. The molecular formula is C20H24O5. The Kier molecular flexibility index (Phi) is 3.22. The number of ether oxygens (including phenoxy) is 1. The zero-order valence-electron chi connectivity index (χ0n) is 14.8. The monoisotopic (exact) mass is 344 g/mol. The van der Waals surface area contributed by atoms with E-state index in [1.54, 1.807) is 0 Å². The van der Waals surface area contributed by atoms with Crippen LogP contribution in [0, 0.1) is 11.3 Å². The van der Waals surface area contributed by atoms with Crippen LogP contribution in [0.4, 0.5) is 0 Å². The van der Waals surface area contributed by atoms with Crippen LogP contribution in [0.25, 0.3) is 6.08 Å². The Morgan fingerprint density at radius 3 is 2.56 bits per heavy atom. The summed E-state index contributed by atoms with van der Waals surface area (Å²) in [6.45, 7) is 6.39. The molecule has 5 heteroatoms. The number of aliphatic hydroxyl groups excluding tert-OH is 1. The van der Waals surface area contributed by atoms with E-state index in [9.17, 15) is 20.1 Å². The number of fused-ring (bicyclic) bond motifs is 4. The summed E-state index contributed by atoms with van der Waals surface area (Å²) in [5.74, 6) is -0.196. The number of hydrogen-bond donors (Lipinski definition) is 3. The molecule has 1 heterocycles. The van der Waals surface area contributed by atoms with Crippen molar-refractivity contribution in [2.24, 2.45) is 11.3 Å². The molecule has 1 saturated carbocycles. The summed E-state index contributed by atoms with van der Waals surface area (Å²) in [6.07, 6.45) is 4.63. The second kappa shape index (κ2) is 4.93. The highest BCUT2D eigenvalue weighted by Gasteiger charge is 2.54. The molecule has 0 radical (unpaired) electrons. The van der Waals surface area contributed by atoms with Crippen molar-refractivity contribution in [3.8, 4) is 17.2 Å². The number of phenols is 2. The van der Waals surface area contributed by atoms with Crippen LogP contribution in [0.5, 0.6) is 17.2 Å². The smallest absolute Gasteiger partial charge is 0.173 e. The van der Waals surface area contributed by atoms with E-state index in [0.717, 1.165) is 19.3 Å². The van der Waals surface area contributed by atoms with Gasteiger partial charge in [-0.15, -0.1) is 0 Å². The Hall–Kier alpha value is -2.17. The highest BCUT2D eigenvalue weighted by atomic mass is 16.5. The van der Waals surface area contributed by atoms with E-state index in [0.29, 0.717) is 12.0 Å². The van der Waals surface area contributed by atoms with Crippen LogP contribution in [0.2, 0.25) is 0 Å². The summed E-state index contributed by atoms with van der Waals surface area (Å²) in [4.78, 5) is 12.9. The third-order valence-corrected chi connectivity index (χ3v) is 6.58. The summed E-state index contributed by atoms with van der Waals surface area (Å²) in [6, 6.07) is 0. The Labute approximate surface area is 146 Å². The predicted molar refractivity (Wildman–Crippen MR) is 93.3 cm³/mol. The number of hydrogen-bond acceptors (Lipinski definition) is 5. The van der Waals surface area contributed by atoms with Gasteiger partial charge in [-0.05, 0) is 30.3 Å². The van der Waals surface area contributed by atoms with Crippen LogP contribution >= 0.6 is 0 Å². The zero-order valence-corrected chi connectivity index (χ0v) is 14.8. The number of ketones is 1. The number of Topliss-reactive ketones (excluding diaryl/α,β-unsaturated/α-hetero) is 1. The van der Waals surface area contributed by atoms with Crippen molar-refractivity contribution in [1.29, 1.82) is 0 Å². The maximum atomic E-state index is 12.9. The van der Waals surface area contributed by atoms with Gasteiger partial charge >= 0.3 is 0 Å². The Bertz CT molecular complexity index is 820. The van der Waals surface area contributed by atoms with E-state index in [1.807, 2.05) is 0 Å². The first-order valence-corrected chi connectivity index (χ1v) is 8.84. The number of benzene rings is 1. The van der Waals surface area contributed by atoms with E-state index in [4.69, 9.17) is 4.74 Å². The summed E-state index contributed by atoms with van der Waals surface area (Å²) >= 11 is 0. The Balaban J connectivity index is 2.04. The molecule has 25 heavy (non-hydrogen) atoms. The maximum Gasteiger partial charge on any atom is 0.173 e. The second-order valence-electron chi connectivity index (χ2n) is 8.55. The molecule has 4 rings (SSSR count). The molecule has 3 aliphatic rings. The zero-order chi connectivity index (χ0) is 18.1. The third kappa shape index (κ3) is 2.04. The van der Waals surface area contributed by atoms with Crippen molar-refractivity contribution in [1.82, 2.24) is 0 Å². The topological polar surface area (TPSA) is 87.0 Å². The Morgan fingerprint density at radius 2 is 1.84 bits per heavy atom. The van der Waals surface area contributed by atoms with Crippen molar-refractivity contribution in [3.63, 3.8) is 0 Å². The average Bonchev–Trinajstić information content (AvgIpc) is 2.53. The van der Waals surface area contributed by atoms with Crippen LogP contribution in [-0.4, -0.2) is 27.7 Å². The number of rotatable bonds is 0. The average molecular weight is 344 g/mol. The lowest BCUT2D eigenvalue weighted by Crippen LogP contribution is -2.49. The minimum Gasteiger partial charge on any atom is -0.509 e. The molecule has 1 unspecified atom stereocenters. The summed E-state index contributed by atoms with van der Waals surface area (Å²) < 4.78 is 5.49. The molecular weight excluding hydrogens is 320 g/mol. The van der Waals surface area contributed by atoms with Crippen LogP contribution in [-0.2, 0) is 5.41 Å². The number of phenolic OH excluding ortho intramolecular Hbond substituents is 2. The van der Waals surface area contributed by atoms with Gasteiger partial charge in [0.2, 0.25) is 0 Å². The van der Waals surface area contributed by atoms with Crippen LogP contribution in [0.1, 0.15) is 67.9 Å². The first-order valence-electron chi connectivity index (χ1n) is 8.84. The molecule has 0 bridgehead atoms. The first kappa shape index (κ1) is 16.3. The van der Waals surface area contributed by atoms with Gasteiger partial charge in [0.15, 0.2) is 17.3 Å². The first-order chi connectivity index (χ1) is 11.7. The summed E-state index contributed by atoms with van der Waals surface area (Å²) in [7, 11) is 0. The van der Waals surface area contributed by atoms with Crippen molar-refractivity contribution in [3.05, 3.63) is 22.4 Å². The van der Waals surface area contributed by atoms with Crippen LogP contribution in [0.3, 0.4) is 0 Å². The standard InChI is InChI=1S/C20H24O5/c1-19(2)5-4-6-20(3)13(19)8-12(22)14-15(20)17(24)18-11(16(14)23)7-10(21)9-25-18/h7,13,21,23-24H,4-6,8-9H2,1-3H3/t13?,20-/m0/s1. The van der Waals surface area contributed by atoms with Crippen molar-refractivity contribution >= 4 is 11.9 Å². The molecule has 3 N–H and O–H groups in total. The van der Waals surface area contributed by atoms with Gasteiger partial charge in [-0.2, -0.15) is 0 Å². The predicted octanol–water partition coefficient (Wildman–Crippen LogP) is 4.06. The fourth-order valence-electron chi connectivity index (χ4n) is 5.39. The lowest BCUT2D eigenvalue weighted by molar-refractivity contribution is 0.0350. The lowest BCUT2D eigenvalue weighted by Gasteiger charge is -2.54. The van der Waals surface area contributed by atoms with E-state index in [-0.39, 0.29) is 57.9 Å². The fourth-order valence-corrected chi connectivity index (χ4v) is 5.39. The van der Waals surface area contributed by atoms with Gasteiger partial charge in [0.25, 0.3) is 0 Å². The van der Waals surface area contributed by atoms with Gasteiger partial charge in [0.1, 0.15) is 18.1 Å². The normalized spacial score (nSPS) is 29.8. The summed E-state index contributed by atoms with van der Waals surface area (Å²) in [5, 5.41) is 31.5. The number of carbonyl (C=O) groups is 1. The van der Waals surface area contributed by atoms with E-state index < -0.39 is 5.41 Å². The quantitative estimate of drug-likeness (QED) is 0.618. The molecule has 5 nitrogen and oxygen atoms in total. The molecule has 0 aromatic heterocycles. The minimum absolute atomic E-state index is 0.0165. The SMILES string of the molecule is CC1(C)CCC[C@]2(C)c3c(O)c4c(c(O)c3C(=O)CC12)C=C(O)CO4. The van der Waals surface area contributed by atoms with E-state index in [2.05, 4.69) is 20.8 Å². The van der Waals surface area contributed by atoms with Gasteiger partial charge in [0.05, 0.1) is 11.1 Å². The van der Waals surface area contributed by atoms with Crippen molar-refractivity contribution < 1.29 is 24.9 Å². The molecule has 0 amide bonds. The molecule has 0 saturated heterocycles. The van der Waals surface area contributed by atoms with Gasteiger partial charge < -0.3 is 20.1 Å².